The molecule has 2 unspecified atom stereocenters. The Morgan fingerprint density at radius 2 is 2.11 bits per heavy atom. The molecule has 0 saturated heterocycles. The molecule has 0 amide bonds. The first-order valence-corrected chi connectivity index (χ1v) is 7.19. The number of hydrogen-bond donors (Lipinski definition) is 1. The summed E-state index contributed by atoms with van der Waals surface area (Å²) in [7, 11) is 1.80. The lowest BCUT2D eigenvalue weighted by Crippen LogP contribution is -2.37. The Bertz CT molecular complexity index is 233. The number of carbonyl (C=O) groups excluding carboxylic acids is 1. The molecule has 1 N–H and O–H groups in total. The van der Waals surface area contributed by atoms with Gasteiger partial charge in [-0.1, -0.05) is 6.42 Å². The Labute approximate surface area is 110 Å². The monoisotopic (exact) mass is 257 g/mol. The van der Waals surface area contributed by atoms with E-state index in [-0.39, 0.29) is 5.97 Å². The molecule has 18 heavy (non-hydrogen) atoms. The molecule has 0 heterocycles. The third-order valence-electron chi connectivity index (χ3n) is 3.52. The van der Waals surface area contributed by atoms with Crippen LogP contribution in [0.5, 0.6) is 0 Å². The van der Waals surface area contributed by atoms with E-state index >= 15 is 0 Å². The van der Waals surface area contributed by atoms with Crippen LogP contribution < -0.4 is 5.32 Å². The highest BCUT2D eigenvalue weighted by molar-refractivity contribution is 5.69. The standard InChI is InChI=1S/C14H27NO3/c1-3-18-14(16)10-5-4-6-11-15-12-8-7-9-13(12)17-2/h12-13,15H,3-11H2,1-2H3. The zero-order chi connectivity index (χ0) is 13.2. The topological polar surface area (TPSA) is 47.6 Å². The summed E-state index contributed by atoms with van der Waals surface area (Å²) in [4.78, 5) is 11.1. The Balaban J connectivity index is 1.94. The largest absolute Gasteiger partial charge is 0.466 e. The highest BCUT2D eigenvalue weighted by Crippen LogP contribution is 2.21. The molecule has 0 aliphatic heterocycles. The van der Waals surface area contributed by atoms with E-state index in [0.717, 1.165) is 25.8 Å². The van der Waals surface area contributed by atoms with Crippen LogP contribution in [0.1, 0.15) is 51.9 Å². The Morgan fingerprint density at radius 3 is 2.83 bits per heavy atom. The van der Waals surface area contributed by atoms with Gasteiger partial charge in [0.25, 0.3) is 0 Å². The van der Waals surface area contributed by atoms with E-state index in [9.17, 15) is 4.79 Å². The molecule has 4 nitrogen and oxygen atoms in total. The molecule has 0 aromatic heterocycles. The maximum absolute atomic E-state index is 11.1. The molecule has 1 fully saturated rings. The molecule has 0 spiro atoms. The van der Waals surface area contributed by atoms with Crippen LogP contribution in [0.4, 0.5) is 0 Å². The van der Waals surface area contributed by atoms with Gasteiger partial charge in [0.1, 0.15) is 0 Å². The fourth-order valence-electron chi connectivity index (χ4n) is 2.53. The SMILES string of the molecule is CCOC(=O)CCCCCNC1CCCC1OC. The number of unbranched alkanes of at least 4 members (excludes halogenated alkanes) is 2. The molecule has 1 aliphatic carbocycles. The van der Waals surface area contributed by atoms with E-state index in [0.29, 0.717) is 25.2 Å². The fraction of sp³-hybridized carbons (Fsp3) is 0.929. The molecule has 4 heteroatoms. The van der Waals surface area contributed by atoms with Crippen LogP contribution in [0.15, 0.2) is 0 Å². The maximum Gasteiger partial charge on any atom is 0.305 e. The highest BCUT2D eigenvalue weighted by Gasteiger charge is 2.25. The highest BCUT2D eigenvalue weighted by atomic mass is 16.5. The Hall–Kier alpha value is -0.610. The van der Waals surface area contributed by atoms with Gasteiger partial charge in [0, 0.05) is 19.6 Å². The van der Waals surface area contributed by atoms with Gasteiger partial charge >= 0.3 is 5.97 Å². The van der Waals surface area contributed by atoms with Gasteiger partial charge < -0.3 is 14.8 Å². The molecular formula is C14H27NO3. The van der Waals surface area contributed by atoms with Crippen molar-refractivity contribution in [1.82, 2.24) is 5.32 Å². The number of rotatable bonds is 9. The lowest BCUT2D eigenvalue weighted by atomic mass is 10.1. The minimum absolute atomic E-state index is 0.0688. The van der Waals surface area contributed by atoms with Crippen LogP contribution >= 0.6 is 0 Å². The minimum Gasteiger partial charge on any atom is -0.466 e. The van der Waals surface area contributed by atoms with E-state index in [1.165, 1.54) is 19.3 Å². The van der Waals surface area contributed by atoms with Crippen molar-refractivity contribution in [3.63, 3.8) is 0 Å². The second kappa shape index (κ2) is 9.34. The molecule has 2 atom stereocenters. The van der Waals surface area contributed by atoms with Crippen LogP contribution in [0.25, 0.3) is 0 Å². The van der Waals surface area contributed by atoms with Gasteiger partial charge in [0.15, 0.2) is 0 Å². The van der Waals surface area contributed by atoms with E-state index in [1.54, 1.807) is 7.11 Å². The van der Waals surface area contributed by atoms with Crippen LogP contribution in [0, 0.1) is 0 Å². The molecule has 1 aliphatic rings. The zero-order valence-electron chi connectivity index (χ0n) is 11.7. The molecule has 106 valence electrons. The number of carbonyl (C=O) groups is 1. The van der Waals surface area contributed by atoms with Gasteiger partial charge in [0.05, 0.1) is 12.7 Å². The Kier molecular flexibility index (Phi) is 8.01. The average Bonchev–Trinajstić information content (AvgIpc) is 2.81. The minimum atomic E-state index is -0.0688. The first kappa shape index (κ1) is 15.4. The summed E-state index contributed by atoms with van der Waals surface area (Å²) in [5.41, 5.74) is 0. The first-order chi connectivity index (χ1) is 8.77. The molecule has 0 radical (unpaired) electrons. The van der Waals surface area contributed by atoms with Crippen molar-refractivity contribution in [1.29, 1.82) is 0 Å². The van der Waals surface area contributed by atoms with Crippen molar-refractivity contribution in [3.8, 4) is 0 Å². The number of ether oxygens (including phenoxy) is 2. The number of esters is 1. The molecule has 0 aromatic rings. The van der Waals surface area contributed by atoms with Crippen molar-refractivity contribution in [2.75, 3.05) is 20.3 Å². The summed E-state index contributed by atoms with van der Waals surface area (Å²) in [6, 6.07) is 0.528. The molecule has 0 aromatic carbocycles. The summed E-state index contributed by atoms with van der Waals surface area (Å²) in [5.74, 6) is -0.0688. The maximum atomic E-state index is 11.1. The van der Waals surface area contributed by atoms with Crippen molar-refractivity contribution in [2.24, 2.45) is 0 Å². The van der Waals surface area contributed by atoms with E-state index in [4.69, 9.17) is 9.47 Å². The second-order valence-corrected chi connectivity index (χ2v) is 4.88. The van der Waals surface area contributed by atoms with Crippen molar-refractivity contribution >= 4 is 5.97 Å². The van der Waals surface area contributed by atoms with E-state index in [1.807, 2.05) is 6.92 Å². The number of methoxy groups -OCH3 is 1. The van der Waals surface area contributed by atoms with Crippen LogP contribution in [-0.4, -0.2) is 38.4 Å². The van der Waals surface area contributed by atoms with Crippen molar-refractivity contribution in [3.05, 3.63) is 0 Å². The molecular weight excluding hydrogens is 230 g/mol. The van der Waals surface area contributed by atoms with Crippen molar-refractivity contribution in [2.45, 2.75) is 64.0 Å². The van der Waals surface area contributed by atoms with Gasteiger partial charge in [-0.15, -0.1) is 0 Å². The van der Waals surface area contributed by atoms with Crippen molar-refractivity contribution < 1.29 is 14.3 Å². The smallest absolute Gasteiger partial charge is 0.305 e. The van der Waals surface area contributed by atoms with Crippen LogP contribution in [0.2, 0.25) is 0 Å². The van der Waals surface area contributed by atoms with Gasteiger partial charge in [0.2, 0.25) is 0 Å². The second-order valence-electron chi connectivity index (χ2n) is 4.88. The third kappa shape index (κ3) is 5.83. The molecule has 1 rings (SSSR count). The number of nitrogens with one attached hydrogen (secondary N) is 1. The molecule has 0 bridgehead atoms. The van der Waals surface area contributed by atoms with E-state index in [2.05, 4.69) is 5.32 Å². The van der Waals surface area contributed by atoms with Gasteiger partial charge in [-0.2, -0.15) is 0 Å². The zero-order valence-corrected chi connectivity index (χ0v) is 11.7. The predicted molar refractivity (Wildman–Crippen MR) is 71.5 cm³/mol. The Morgan fingerprint density at radius 1 is 1.28 bits per heavy atom. The summed E-state index contributed by atoms with van der Waals surface area (Å²) in [6.45, 7) is 3.35. The fourth-order valence-corrected chi connectivity index (χ4v) is 2.53. The average molecular weight is 257 g/mol. The predicted octanol–water partition coefficient (Wildman–Crippen LogP) is 2.27. The van der Waals surface area contributed by atoms with Crippen LogP contribution in [-0.2, 0) is 14.3 Å². The normalized spacial score (nSPS) is 23.2. The summed E-state index contributed by atoms with van der Waals surface area (Å²) in [5, 5.41) is 3.55. The lowest BCUT2D eigenvalue weighted by molar-refractivity contribution is -0.143. The van der Waals surface area contributed by atoms with Gasteiger partial charge in [-0.25, -0.2) is 0 Å². The third-order valence-corrected chi connectivity index (χ3v) is 3.52. The summed E-state index contributed by atoms with van der Waals surface area (Å²) < 4.78 is 10.3. The summed E-state index contributed by atoms with van der Waals surface area (Å²) in [6.07, 6.45) is 7.74. The van der Waals surface area contributed by atoms with Gasteiger partial charge in [-0.05, 0) is 45.6 Å². The van der Waals surface area contributed by atoms with Gasteiger partial charge in [-0.3, -0.25) is 4.79 Å². The first-order valence-electron chi connectivity index (χ1n) is 7.19. The quantitative estimate of drug-likeness (QED) is 0.508. The van der Waals surface area contributed by atoms with E-state index < -0.39 is 0 Å². The molecule has 1 saturated carbocycles. The summed E-state index contributed by atoms with van der Waals surface area (Å²) >= 11 is 0. The lowest BCUT2D eigenvalue weighted by Gasteiger charge is -2.19. The number of hydrogen-bond acceptors (Lipinski definition) is 4. The van der Waals surface area contributed by atoms with Crippen LogP contribution in [0.3, 0.4) is 0 Å².